The zero-order chi connectivity index (χ0) is 33.1. The first-order chi connectivity index (χ1) is 20.7. The zero-order valence-corrected chi connectivity index (χ0v) is 26.1. The van der Waals surface area contributed by atoms with Gasteiger partial charge in [-0.3, -0.25) is 4.79 Å². The molecule has 0 aromatic heterocycles. The van der Waals surface area contributed by atoms with Gasteiger partial charge in [-0.15, -0.1) is 0 Å². The summed E-state index contributed by atoms with van der Waals surface area (Å²) in [5, 5.41) is 58.0. The predicted octanol–water partition coefficient (Wildman–Crippen LogP) is 2.32. The molecule has 1 aliphatic rings. The van der Waals surface area contributed by atoms with Crippen LogP contribution in [0, 0.1) is 11.8 Å². The maximum atomic E-state index is 13.0. The van der Waals surface area contributed by atoms with E-state index in [1.54, 1.807) is 39.0 Å². The minimum Gasteiger partial charge on any atom is -0.506 e. The van der Waals surface area contributed by atoms with Crippen molar-refractivity contribution >= 4 is 23.4 Å². The van der Waals surface area contributed by atoms with Gasteiger partial charge in [0.1, 0.15) is 17.6 Å². The van der Waals surface area contributed by atoms with Crippen molar-refractivity contribution in [1.29, 1.82) is 0 Å². The number of hydrogen-bond donors (Lipinski definition) is 8. The van der Waals surface area contributed by atoms with Gasteiger partial charge in [0.25, 0.3) is 5.91 Å². The van der Waals surface area contributed by atoms with Crippen LogP contribution in [0.15, 0.2) is 41.5 Å². The van der Waals surface area contributed by atoms with Gasteiger partial charge in [-0.1, -0.05) is 38.2 Å². The third kappa shape index (κ3) is 9.96. The van der Waals surface area contributed by atoms with E-state index < -0.39 is 55.0 Å². The van der Waals surface area contributed by atoms with E-state index in [2.05, 4.69) is 10.6 Å². The molecule has 2 amide bonds. The van der Waals surface area contributed by atoms with Crippen LogP contribution in [0.2, 0.25) is 0 Å². The van der Waals surface area contributed by atoms with E-state index >= 15 is 0 Å². The molecule has 5 unspecified atom stereocenters. The van der Waals surface area contributed by atoms with Crippen molar-refractivity contribution in [2.75, 3.05) is 38.0 Å². The van der Waals surface area contributed by atoms with Crippen LogP contribution in [0.25, 0.3) is 0 Å². The second kappa shape index (κ2) is 17.0. The van der Waals surface area contributed by atoms with Gasteiger partial charge in [0, 0.05) is 43.9 Å². The number of anilines is 2. The van der Waals surface area contributed by atoms with E-state index in [1.807, 2.05) is 6.92 Å². The number of nitrogens with one attached hydrogen (secondary N) is 2. The fourth-order valence-electron chi connectivity index (χ4n) is 5.09. The first kappa shape index (κ1) is 36.6. The van der Waals surface area contributed by atoms with Crippen LogP contribution >= 0.6 is 0 Å². The number of methoxy groups -OCH3 is 2. The first-order valence-electron chi connectivity index (χ1n) is 14.4. The Bertz CT molecular complexity index is 1230. The number of aliphatic hydroxyl groups excluding tert-OH is 3. The summed E-state index contributed by atoms with van der Waals surface area (Å²) >= 11 is 0. The topological polar surface area (TPSA) is 213 Å². The number of primary amides is 1. The summed E-state index contributed by atoms with van der Waals surface area (Å²) in [6.45, 7) is 6.31. The number of aromatic hydroxyl groups is 2. The molecule has 0 radical (unpaired) electrons. The first-order valence-corrected chi connectivity index (χ1v) is 14.4. The van der Waals surface area contributed by atoms with E-state index in [4.69, 9.17) is 19.9 Å². The Labute approximate surface area is 258 Å². The van der Waals surface area contributed by atoms with E-state index in [0.717, 1.165) is 0 Å². The summed E-state index contributed by atoms with van der Waals surface area (Å²) in [6, 6.07) is 1.19. The molecule has 2 rings (SSSR count). The summed E-state index contributed by atoms with van der Waals surface area (Å²) < 4.78 is 16.6. The lowest BCUT2D eigenvalue weighted by Crippen LogP contribution is -2.37. The second-order valence-electron chi connectivity index (χ2n) is 11.2. The summed E-state index contributed by atoms with van der Waals surface area (Å²) in [6.07, 6.45) is 1.40. The third-order valence-corrected chi connectivity index (χ3v) is 7.56. The quantitative estimate of drug-likeness (QED) is 0.126. The van der Waals surface area contributed by atoms with Crippen molar-refractivity contribution in [3.8, 4) is 11.5 Å². The fourth-order valence-corrected chi connectivity index (χ4v) is 5.09. The lowest BCUT2D eigenvalue weighted by molar-refractivity contribution is -0.112. The number of nitrogens with two attached hydrogens (primary N) is 1. The number of amides is 2. The van der Waals surface area contributed by atoms with Crippen molar-refractivity contribution in [3.05, 3.63) is 47.1 Å². The van der Waals surface area contributed by atoms with Gasteiger partial charge in [-0.25, -0.2) is 4.79 Å². The van der Waals surface area contributed by atoms with Gasteiger partial charge in [-0.2, -0.15) is 0 Å². The molecule has 9 N–H and O–H groups in total. The number of aliphatic hydroxyl groups is 3. The van der Waals surface area contributed by atoms with E-state index in [9.17, 15) is 35.1 Å². The van der Waals surface area contributed by atoms with Crippen LogP contribution < -0.4 is 16.4 Å². The Balaban J connectivity index is 2.66. The normalized spacial score (nSPS) is 29.3. The molecule has 1 heterocycles. The Morgan fingerprint density at radius 1 is 1.20 bits per heavy atom. The van der Waals surface area contributed by atoms with Gasteiger partial charge in [0.05, 0.1) is 36.3 Å². The van der Waals surface area contributed by atoms with Crippen molar-refractivity contribution in [2.24, 2.45) is 17.6 Å². The third-order valence-electron chi connectivity index (χ3n) is 7.56. The number of fused-ring (bicyclic) bond motifs is 2. The van der Waals surface area contributed by atoms with E-state index in [-0.39, 0.29) is 52.9 Å². The minimum atomic E-state index is -1.12. The number of benzene rings is 1. The number of rotatable bonds is 7. The van der Waals surface area contributed by atoms with Crippen LogP contribution in [-0.2, 0) is 25.4 Å². The zero-order valence-electron chi connectivity index (χ0n) is 26.1. The highest BCUT2D eigenvalue weighted by Gasteiger charge is 2.30. The summed E-state index contributed by atoms with van der Waals surface area (Å²) in [5.74, 6) is -1.85. The van der Waals surface area contributed by atoms with Gasteiger partial charge in [0.15, 0.2) is 6.10 Å². The standard InChI is InChI=1S/C31H47N3O10/c1-16-10-21-26(33-14-20(36)15-35)23(37)13-22(28(21)39)34-30(40)17(2)8-7-9-24(42-5)29(44-31(32)41)19(4)12-18(3)27(38)25(11-16)43-6/h7-9,12-13,16,18,20,24-25,27,29,33,35-39H,10-11,14-15H2,1-6H3,(H2,32,41)(H,34,40)/b9-7-,17-8+,19-12+/t16?,18-,20?,24?,25?,27+,29?/m0/s1. The molecule has 0 spiro atoms. The smallest absolute Gasteiger partial charge is 0.405 e. The molecule has 0 saturated carbocycles. The maximum Gasteiger partial charge on any atom is 0.405 e. The highest BCUT2D eigenvalue weighted by Crippen LogP contribution is 2.42. The molecule has 0 aliphatic carbocycles. The van der Waals surface area contributed by atoms with Crippen LogP contribution in [0.5, 0.6) is 11.5 Å². The van der Waals surface area contributed by atoms with E-state index in [0.29, 0.717) is 12.0 Å². The molecule has 0 saturated heterocycles. The molecular formula is C31H47N3O10. The molecular weight excluding hydrogens is 574 g/mol. The van der Waals surface area contributed by atoms with Crippen LogP contribution in [0.4, 0.5) is 16.2 Å². The van der Waals surface area contributed by atoms with E-state index in [1.165, 1.54) is 26.4 Å². The molecule has 0 fully saturated rings. The highest BCUT2D eigenvalue weighted by molar-refractivity contribution is 6.04. The Kier molecular flexibility index (Phi) is 14.1. The van der Waals surface area contributed by atoms with Crippen LogP contribution in [0.1, 0.15) is 39.7 Å². The van der Waals surface area contributed by atoms with Crippen molar-refractivity contribution in [1.82, 2.24) is 0 Å². The van der Waals surface area contributed by atoms with Crippen LogP contribution in [-0.4, -0.2) is 95.4 Å². The van der Waals surface area contributed by atoms with Gasteiger partial charge >= 0.3 is 6.09 Å². The summed E-state index contributed by atoms with van der Waals surface area (Å²) in [5.41, 5.74) is 6.52. The average molecular weight is 622 g/mol. The molecule has 2 bridgehead atoms. The number of phenolic OH excluding ortho intramolecular Hbond substituents is 2. The molecule has 13 nitrogen and oxygen atoms in total. The largest absolute Gasteiger partial charge is 0.506 e. The van der Waals surface area contributed by atoms with Crippen molar-refractivity contribution in [2.45, 2.75) is 71.1 Å². The number of carbonyl (C=O) groups is 2. The SMILES string of the molecule is COC1/C=C\C=C(/C)C(=O)Nc2cc(O)c(NCC(O)CO)c(c2O)CC(C)CC(OC)[C@H](O)[C@@H](C)/C=C(\C)C1OC(N)=O. The molecule has 44 heavy (non-hydrogen) atoms. The molecule has 7 atom stereocenters. The molecule has 13 heteroatoms. The van der Waals surface area contributed by atoms with Gasteiger partial charge < -0.3 is 56.1 Å². The molecule has 1 aromatic carbocycles. The lowest BCUT2D eigenvalue weighted by Gasteiger charge is -2.29. The number of phenols is 2. The highest BCUT2D eigenvalue weighted by atomic mass is 16.6. The van der Waals surface area contributed by atoms with Gasteiger partial charge in [0.2, 0.25) is 0 Å². The average Bonchev–Trinajstić information content (AvgIpc) is 2.97. The Morgan fingerprint density at radius 2 is 1.89 bits per heavy atom. The molecule has 1 aromatic rings. The number of ether oxygens (including phenoxy) is 3. The maximum absolute atomic E-state index is 13.0. The molecule has 1 aliphatic heterocycles. The Hall–Kier alpha value is -3.62. The van der Waals surface area contributed by atoms with Crippen LogP contribution in [0.3, 0.4) is 0 Å². The lowest BCUT2D eigenvalue weighted by atomic mass is 9.87. The fraction of sp³-hybridized carbons (Fsp3) is 0.548. The number of allylic oxidation sites excluding steroid dienone is 2. The molecule has 246 valence electrons. The Morgan fingerprint density at radius 3 is 2.48 bits per heavy atom. The summed E-state index contributed by atoms with van der Waals surface area (Å²) in [7, 11) is 2.90. The number of carbonyl (C=O) groups excluding carboxylic acids is 2. The van der Waals surface area contributed by atoms with Crippen molar-refractivity contribution < 1.29 is 49.3 Å². The van der Waals surface area contributed by atoms with Gasteiger partial charge in [-0.05, 0) is 38.2 Å². The minimum absolute atomic E-state index is 0.0425. The second-order valence-corrected chi connectivity index (χ2v) is 11.2. The monoisotopic (exact) mass is 621 g/mol. The number of hydrogen-bond acceptors (Lipinski definition) is 11. The predicted molar refractivity (Wildman–Crippen MR) is 165 cm³/mol. The summed E-state index contributed by atoms with van der Waals surface area (Å²) in [4.78, 5) is 24.8. The van der Waals surface area contributed by atoms with Crippen molar-refractivity contribution in [3.63, 3.8) is 0 Å².